The SMILES string of the molecule is COC(=O)c1ccc(N)c(-c2cccc(Cl)c2)c1. The fraction of sp³-hybridized carbons (Fsp3) is 0.0714. The quantitative estimate of drug-likeness (QED) is 0.666. The summed E-state index contributed by atoms with van der Waals surface area (Å²) in [5, 5.41) is 0.621. The average Bonchev–Trinajstić information content (AvgIpc) is 2.38. The molecule has 0 aliphatic rings. The fourth-order valence-corrected chi connectivity index (χ4v) is 1.90. The fourth-order valence-electron chi connectivity index (χ4n) is 1.71. The van der Waals surface area contributed by atoms with Crippen molar-refractivity contribution in [3.05, 3.63) is 53.1 Å². The first-order chi connectivity index (χ1) is 8.61. The number of hydrogen-bond donors (Lipinski definition) is 1. The topological polar surface area (TPSA) is 52.3 Å². The molecule has 0 heterocycles. The van der Waals surface area contributed by atoms with Gasteiger partial charge in [-0.25, -0.2) is 4.79 Å². The lowest BCUT2D eigenvalue weighted by Crippen LogP contribution is -2.02. The van der Waals surface area contributed by atoms with E-state index < -0.39 is 5.97 Å². The van der Waals surface area contributed by atoms with Crippen LogP contribution in [0.3, 0.4) is 0 Å². The monoisotopic (exact) mass is 261 g/mol. The molecule has 0 radical (unpaired) electrons. The second-order valence-corrected chi connectivity index (χ2v) is 4.24. The smallest absolute Gasteiger partial charge is 0.337 e. The lowest BCUT2D eigenvalue weighted by Gasteiger charge is -2.08. The van der Waals surface area contributed by atoms with Gasteiger partial charge in [0, 0.05) is 16.3 Å². The van der Waals surface area contributed by atoms with E-state index in [1.807, 2.05) is 12.1 Å². The molecule has 0 fully saturated rings. The van der Waals surface area contributed by atoms with Crippen molar-refractivity contribution < 1.29 is 9.53 Å². The third kappa shape index (κ3) is 2.46. The Hall–Kier alpha value is -2.00. The van der Waals surface area contributed by atoms with E-state index in [1.165, 1.54) is 7.11 Å². The van der Waals surface area contributed by atoms with Gasteiger partial charge in [-0.15, -0.1) is 0 Å². The number of methoxy groups -OCH3 is 1. The van der Waals surface area contributed by atoms with Gasteiger partial charge in [0.1, 0.15) is 0 Å². The minimum atomic E-state index is -0.390. The summed E-state index contributed by atoms with van der Waals surface area (Å²) >= 11 is 5.94. The number of anilines is 1. The molecule has 0 saturated heterocycles. The van der Waals surface area contributed by atoms with E-state index in [0.717, 1.165) is 11.1 Å². The molecule has 2 aromatic carbocycles. The molecule has 4 heteroatoms. The van der Waals surface area contributed by atoms with Crippen LogP contribution in [0.25, 0.3) is 11.1 Å². The number of rotatable bonds is 2. The molecule has 0 atom stereocenters. The number of carbonyl (C=O) groups excluding carboxylic acids is 1. The van der Waals surface area contributed by atoms with Crippen molar-refractivity contribution >= 4 is 23.3 Å². The Labute approximate surface area is 110 Å². The average molecular weight is 262 g/mol. The van der Waals surface area contributed by atoms with Gasteiger partial charge in [-0.2, -0.15) is 0 Å². The highest BCUT2D eigenvalue weighted by molar-refractivity contribution is 6.30. The summed E-state index contributed by atoms with van der Waals surface area (Å²) in [6, 6.07) is 12.3. The summed E-state index contributed by atoms with van der Waals surface area (Å²) in [5.74, 6) is -0.390. The molecular weight excluding hydrogens is 250 g/mol. The Morgan fingerprint density at radius 1 is 1.22 bits per heavy atom. The predicted octanol–water partition coefficient (Wildman–Crippen LogP) is 3.38. The molecule has 2 aromatic rings. The van der Waals surface area contributed by atoms with Crippen LogP contribution in [-0.4, -0.2) is 13.1 Å². The van der Waals surface area contributed by atoms with Crippen LogP contribution in [-0.2, 0) is 4.74 Å². The maximum absolute atomic E-state index is 11.5. The lowest BCUT2D eigenvalue weighted by molar-refractivity contribution is 0.0601. The molecule has 92 valence electrons. The van der Waals surface area contributed by atoms with Gasteiger partial charge in [-0.1, -0.05) is 23.7 Å². The van der Waals surface area contributed by atoms with Gasteiger partial charge in [-0.3, -0.25) is 0 Å². The molecule has 2 N–H and O–H groups in total. The number of nitrogen functional groups attached to an aromatic ring is 1. The number of hydrogen-bond acceptors (Lipinski definition) is 3. The predicted molar refractivity (Wildman–Crippen MR) is 72.6 cm³/mol. The molecule has 3 nitrogen and oxygen atoms in total. The molecule has 18 heavy (non-hydrogen) atoms. The van der Waals surface area contributed by atoms with Crippen molar-refractivity contribution in [2.45, 2.75) is 0 Å². The first-order valence-corrected chi connectivity index (χ1v) is 5.73. The zero-order chi connectivity index (χ0) is 13.1. The normalized spacial score (nSPS) is 10.1. The molecule has 0 amide bonds. The van der Waals surface area contributed by atoms with E-state index in [4.69, 9.17) is 17.3 Å². The number of esters is 1. The molecule has 0 aliphatic heterocycles. The minimum absolute atomic E-state index is 0.390. The zero-order valence-electron chi connectivity index (χ0n) is 9.81. The number of halogens is 1. The molecule has 0 unspecified atom stereocenters. The number of benzene rings is 2. The maximum Gasteiger partial charge on any atom is 0.337 e. The van der Waals surface area contributed by atoms with Crippen LogP contribution < -0.4 is 5.73 Å². The highest BCUT2D eigenvalue weighted by Gasteiger charge is 2.10. The first kappa shape index (κ1) is 12.5. The Kier molecular flexibility index (Phi) is 3.53. The highest BCUT2D eigenvalue weighted by Crippen LogP contribution is 2.29. The van der Waals surface area contributed by atoms with Crippen LogP contribution in [0, 0.1) is 0 Å². The highest BCUT2D eigenvalue weighted by atomic mass is 35.5. The van der Waals surface area contributed by atoms with E-state index in [1.54, 1.807) is 30.3 Å². The van der Waals surface area contributed by atoms with Crippen LogP contribution in [0.15, 0.2) is 42.5 Å². The van der Waals surface area contributed by atoms with E-state index in [9.17, 15) is 4.79 Å². The van der Waals surface area contributed by atoms with Gasteiger partial charge < -0.3 is 10.5 Å². The van der Waals surface area contributed by atoms with Crippen LogP contribution in [0.2, 0.25) is 5.02 Å². The molecule has 0 bridgehead atoms. The zero-order valence-corrected chi connectivity index (χ0v) is 10.6. The van der Waals surface area contributed by atoms with Gasteiger partial charge in [0.05, 0.1) is 12.7 Å². The lowest BCUT2D eigenvalue weighted by atomic mass is 10.0. The summed E-state index contributed by atoms with van der Waals surface area (Å²) < 4.78 is 4.68. The molecule has 0 saturated carbocycles. The number of nitrogens with two attached hydrogens (primary N) is 1. The molecule has 0 spiro atoms. The number of ether oxygens (including phenoxy) is 1. The van der Waals surface area contributed by atoms with Gasteiger partial charge in [0.2, 0.25) is 0 Å². The maximum atomic E-state index is 11.5. The number of carbonyl (C=O) groups is 1. The van der Waals surface area contributed by atoms with E-state index >= 15 is 0 Å². The van der Waals surface area contributed by atoms with Gasteiger partial charge in [0.15, 0.2) is 0 Å². The third-order valence-electron chi connectivity index (χ3n) is 2.61. The van der Waals surface area contributed by atoms with E-state index in [-0.39, 0.29) is 0 Å². The summed E-state index contributed by atoms with van der Waals surface area (Å²) in [5.41, 5.74) is 8.60. The van der Waals surface area contributed by atoms with Crippen molar-refractivity contribution in [1.82, 2.24) is 0 Å². The van der Waals surface area contributed by atoms with Crippen molar-refractivity contribution in [1.29, 1.82) is 0 Å². The summed E-state index contributed by atoms with van der Waals surface area (Å²) in [7, 11) is 1.34. The Balaban J connectivity index is 2.53. The van der Waals surface area contributed by atoms with Crippen LogP contribution in [0.4, 0.5) is 5.69 Å². The third-order valence-corrected chi connectivity index (χ3v) is 2.85. The minimum Gasteiger partial charge on any atom is -0.465 e. The van der Waals surface area contributed by atoms with Crippen LogP contribution in [0.5, 0.6) is 0 Å². The summed E-state index contributed by atoms with van der Waals surface area (Å²) in [6.45, 7) is 0. The van der Waals surface area contributed by atoms with Gasteiger partial charge in [-0.05, 0) is 35.9 Å². The second kappa shape index (κ2) is 5.10. The molecule has 0 aromatic heterocycles. The Morgan fingerprint density at radius 2 is 2.00 bits per heavy atom. The van der Waals surface area contributed by atoms with Gasteiger partial charge >= 0.3 is 5.97 Å². The van der Waals surface area contributed by atoms with Crippen LogP contribution >= 0.6 is 11.6 Å². The van der Waals surface area contributed by atoms with Crippen molar-refractivity contribution in [2.75, 3.05) is 12.8 Å². The van der Waals surface area contributed by atoms with E-state index in [2.05, 4.69) is 4.74 Å². The van der Waals surface area contributed by atoms with Crippen LogP contribution in [0.1, 0.15) is 10.4 Å². The van der Waals surface area contributed by atoms with Gasteiger partial charge in [0.25, 0.3) is 0 Å². The molecule has 2 rings (SSSR count). The Morgan fingerprint density at radius 3 is 2.67 bits per heavy atom. The standard InChI is InChI=1S/C14H12ClNO2/c1-18-14(17)10-5-6-13(16)12(8-10)9-3-2-4-11(15)7-9/h2-8H,16H2,1H3. The van der Waals surface area contributed by atoms with Crippen molar-refractivity contribution in [3.8, 4) is 11.1 Å². The second-order valence-electron chi connectivity index (χ2n) is 3.80. The van der Waals surface area contributed by atoms with Crippen molar-refractivity contribution in [3.63, 3.8) is 0 Å². The van der Waals surface area contributed by atoms with Crippen molar-refractivity contribution in [2.24, 2.45) is 0 Å². The largest absolute Gasteiger partial charge is 0.465 e. The summed E-state index contributed by atoms with van der Waals surface area (Å²) in [4.78, 5) is 11.5. The molecule has 0 aliphatic carbocycles. The molecular formula is C14H12ClNO2. The Bertz CT molecular complexity index is 596. The first-order valence-electron chi connectivity index (χ1n) is 5.35. The van der Waals surface area contributed by atoms with E-state index in [0.29, 0.717) is 16.3 Å². The summed E-state index contributed by atoms with van der Waals surface area (Å²) in [6.07, 6.45) is 0.